The molecule has 1 aromatic carbocycles. The first-order valence-corrected chi connectivity index (χ1v) is 9.10. The fourth-order valence-electron chi connectivity index (χ4n) is 3.26. The van der Waals surface area contributed by atoms with Crippen molar-refractivity contribution >= 4 is 17.5 Å². The lowest BCUT2D eigenvalue weighted by Gasteiger charge is -2.35. The van der Waals surface area contributed by atoms with Gasteiger partial charge in [0.1, 0.15) is 5.69 Å². The highest BCUT2D eigenvalue weighted by atomic mass is 15.3. The minimum atomic E-state index is 0.789. The maximum atomic E-state index is 4.55. The van der Waals surface area contributed by atoms with E-state index in [0.29, 0.717) is 0 Å². The summed E-state index contributed by atoms with van der Waals surface area (Å²) < 4.78 is 0. The molecule has 0 atom stereocenters. The number of rotatable bonds is 4. The Bertz CT molecular complexity index is 875. The molecule has 138 valence electrons. The van der Waals surface area contributed by atoms with E-state index in [1.807, 2.05) is 38.4 Å². The molecule has 0 N–H and O–H groups in total. The fourth-order valence-corrected chi connectivity index (χ4v) is 3.26. The molecule has 1 saturated heterocycles. The maximum absolute atomic E-state index is 4.55. The van der Waals surface area contributed by atoms with E-state index in [9.17, 15) is 0 Å². The van der Waals surface area contributed by atoms with Gasteiger partial charge in [0, 0.05) is 64.3 Å². The van der Waals surface area contributed by atoms with E-state index in [1.165, 1.54) is 0 Å². The van der Waals surface area contributed by atoms with E-state index in [0.717, 1.165) is 54.9 Å². The van der Waals surface area contributed by atoms with Gasteiger partial charge >= 0.3 is 0 Å². The molecular formula is C20H23N7. The summed E-state index contributed by atoms with van der Waals surface area (Å²) >= 11 is 0. The van der Waals surface area contributed by atoms with Crippen LogP contribution < -0.4 is 14.7 Å². The van der Waals surface area contributed by atoms with E-state index >= 15 is 0 Å². The van der Waals surface area contributed by atoms with Crippen LogP contribution in [0, 0.1) is 0 Å². The molecular weight excluding hydrogens is 338 g/mol. The normalized spacial score (nSPS) is 14.3. The molecule has 0 saturated carbocycles. The highest BCUT2D eigenvalue weighted by molar-refractivity contribution is 5.76. The Balaban J connectivity index is 1.54. The van der Waals surface area contributed by atoms with Crippen LogP contribution >= 0.6 is 0 Å². The summed E-state index contributed by atoms with van der Waals surface area (Å²) in [4.78, 5) is 15.3. The van der Waals surface area contributed by atoms with Crippen molar-refractivity contribution in [3.05, 3.63) is 54.9 Å². The molecule has 0 unspecified atom stereocenters. The predicted molar refractivity (Wildman–Crippen MR) is 108 cm³/mol. The number of nitrogens with zero attached hydrogens (tertiary/aromatic N) is 7. The van der Waals surface area contributed by atoms with Crippen LogP contribution in [-0.2, 0) is 0 Å². The molecule has 4 rings (SSSR count). The van der Waals surface area contributed by atoms with E-state index in [1.54, 1.807) is 12.4 Å². The number of hydrogen-bond donors (Lipinski definition) is 0. The average Bonchev–Trinajstić information content (AvgIpc) is 2.75. The minimum absolute atomic E-state index is 0.789. The number of aromatic nitrogens is 4. The summed E-state index contributed by atoms with van der Waals surface area (Å²) in [5.41, 5.74) is 3.05. The van der Waals surface area contributed by atoms with Crippen molar-refractivity contribution in [2.75, 3.05) is 55.0 Å². The van der Waals surface area contributed by atoms with Gasteiger partial charge in [-0.15, -0.1) is 10.2 Å². The first-order chi connectivity index (χ1) is 13.2. The standard InChI is InChI=1S/C20H23N7/c1-25(2)17-15-18(23-24-19(17)16-7-4-3-5-8-16)26-11-13-27(14-12-26)20-21-9-6-10-22-20/h3-10,15H,11-14H2,1-2H3. The van der Waals surface area contributed by atoms with Gasteiger partial charge in [-0.05, 0) is 6.07 Å². The zero-order valence-electron chi connectivity index (χ0n) is 15.7. The number of hydrogen-bond acceptors (Lipinski definition) is 7. The second-order valence-electron chi connectivity index (χ2n) is 6.72. The zero-order chi connectivity index (χ0) is 18.6. The number of anilines is 3. The van der Waals surface area contributed by atoms with Crippen molar-refractivity contribution in [1.82, 2.24) is 20.2 Å². The van der Waals surface area contributed by atoms with Crippen molar-refractivity contribution < 1.29 is 0 Å². The van der Waals surface area contributed by atoms with Crippen LogP contribution in [0.15, 0.2) is 54.9 Å². The largest absolute Gasteiger partial charge is 0.376 e. The van der Waals surface area contributed by atoms with E-state index < -0.39 is 0 Å². The Hall–Kier alpha value is -3.22. The molecule has 1 aliphatic rings. The Morgan fingerprint density at radius 1 is 0.815 bits per heavy atom. The van der Waals surface area contributed by atoms with Gasteiger partial charge < -0.3 is 14.7 Å². The number of benzene rings is 1. The molecule has 2 aromatic heterocycles. The van der Waals surface area contributed by atoms with Gasteiger partial charge in [0.2, 0.25) is 5.95 Å². The smallest absolute Gasteiger partial charge is 0.225 e. The third-order valence-electron chi connectivity index (χ3n) is 4.73. The average molecular weight is 361 g/mol. The fraction of sp³-hybridized carbons (Fsp3) is 0.300. The van der Waals surface area contributed by atoms with Gasteiger partial charge in [0.05, 0.1) is 5.69 Å². The van der Waals surface area contributed by atoms with E-state index in [4.69, 9.17) is 0 Å². The molecule has 3 aromatic rings. The third kappa shape index (κ3) is 3.67. The second-order valence-corrected chi connectivity index (χ2v) is 6.72. The van der Waals surface area contributed by atoms with Gasteiger partial charge in [-0.1, -0.05) is 30.3 Å². The SMILES string of the molecule is CN(C)c1cc(N2CCN(c3ncccn3)CC2)nnc1-c1ccccc1. The van der Waals surface area contributed by atoms with Gasteiger partial charge in [0.15, 0.2) is 5.82 Å². The van der Waals surface area contributed by atoms with Crippen molar-refractivity contribution in [3.8, 4) is 11.3 Å². The molecule has 0 amide bonds. The molecule has 0 radical (unpaired) electrons. The summed E-state index contributed by atoms with van der Waals surface area (Å²) in [6.07, 6.45) is 3.57. The van der Waals surface area contributed by atoms with Crippen LogP contribution in [0.5, 0.6) is 0 Å². The molecule has 1 fully saturated rings. The summed E-state index contributed by atoms with van der Waals surface area (Å²) in [6, 6.07) is 14.2. The Morgan fingerprint density at radius 2 is 1.48 bits per heavy atom. The van der Waals surface area contributed by atoms with Crippen LogP contribution in [0.3, 0.4) is 0 Å². The molecule has 0 aliphatic carbocycles. The quantitative estimate of drug-likeness (QED) is 0.707. The van der Waals surface area contributed by atoms with Gasteiger partial charge in [-0.3, -0.25) is 0 Å². The van der Waals surface area contributed by atoms with E-state index in [-0.39, 0.29) is 0 Å². The van der Waals surface area contributed by atoms with Crippen LogP contribution in [0.4, 0.5) is 17.5 Å². The lowest BCUT2D eigenvalue weighted by Crippen LogP contribution is -2.47. The third-order valence-corrected chi connectivity index (χ3v) is 4.73. The van der Waals surface area contributed by atoms with Gasteiger partial charge in [-0.25, -0.2) is 9.97 Å². The minimum Gasteiger partial charge on any atom is -0.376 e. The molecule has 3 heterocycles. The second kappa shape index (κ2) is 7.57. The molecule has 7 nitrogen and oxygen atoms in total. The summed E-state index contributed by atoms with van der Waals surface area (Å²) in [5.74, 6) is 1.70. The first kappa shape index (κ1) is 17.2. The summed E-state index contributed by atoms with van der Waals surface area (Å²) in [7, 11) is 4.08. The van der Waals surface area contributed by atoms with Crippen molar-refractivity contribution in [2.45, 2.75) is 0 Å². The number of piperazine rings is 1. The topological polar surface area (TPSA) is 61.3 Å². The van der Waals surface area contributed by atoms with Gasteiger partial charge in [0.25, 0.3) is 0 Å². The first-order valence-electron chi connectivity index (χ1n) is 9.10. The molecule has 0 spiro atoms. The molecule has 7 heteroatoms. The van der Waals surface area contributed by atoms with Crippen LogP contribution in [0.25, 0.3) is 11.3 Å². The lowest BCUT2D eigenvalue weighted by atomic mass is 10.1. The van der Waals surface area contributed by atoms with Gasteiger partial charge in [-0.2, -0.15) is 0 Å². The Kier molecular flexibility index (Phi) is 4.82. The monoisotopic (exact) mass is 361 g/mol. The Labute approximate surface area is 159 Å². The molecule has 1 aliphatic heterocycles. The van der Waals surface area contributed by atoms with Crippen LogP contribution in [-0.4, -0.2) is 60.4 Å². The predicted octanol–water partition coefficient (Wildman–Crippen LogP) is 2.33. The van der Waals surface area contributed by atoms with Crippen LogP contribution in [0.1, 0.15) is 0 Å². The maximum Gasteiger partial charge on any atom is 0.225 e. The summed E-state index contributed by atoms with van der Waals surface area (Å²) in [6.45, 7) is 3.46. The van der Waals surface area contributed by atoms with E-state index in [2.05, 4.69) is 53.1 Å². The highest BCUT2D eigenvalue weighted by Crippen LogP contribution is 2.30. The lowest BCUT2D eigenvalue weighted by molar-refractivity contribution is 0.631. The van der Waals surface area contributed by atoms with Crippen molar-refractivity contribution in [1.29, 1.82) is 0 Å². The van der Waals surface area contributed by atoms with Crippen molar-refractivity contribution in [2.24, 2.45) is 0 Å². The van der Waals surface area contributed by atoms with Crippen LogP contribution in [0.2, 0.25) is 0 Å². The molecule has 0 bridgehead atoms. The Morgan fingerprint density at radius 3 is 2.15 bits per heavy atom. The van der Waals surface area contributed by atoms with Crippen molar-refractivity contribution in [3.63, 3.8) is 0 Å². The zero-order valence-corrected chi connectivity index (χ0v) is 15.7. The highest BCUT2D eigenvalue weighted by Gasteiger charge is 2.21. The summed E-state index contributed by atoms with van der Waals surface area (Å²) in [5, 5.41) is 9.07. The molecule has 27 heavy (non-hydrogen) atoms.